The number of benzene rings is 2. The van der Waals surface area contributed by atoms with E-state index in [9.17, 15) is 4.79 Å². The van der Waals surface area contributed by atoms with Gasteiger partial charge < -0.3 is 16.4 Å². The van der Waals surface area contributed by atoms with Gasteiger partial charge in [0.15, 0.2) is 0 Å². The molecule has 4 aromatic heterocycles. The Morgan fingerprint density at radius 2 is 1.95 bits per heavy atom. The number of rotatable bonds is 7. The van der Waals surface area contributed by atoms with E-state index in [0.717, 1.165) is 57.9 Å². The summed E-state index contributed by atoms with van der Waals surface area (Å²) in [4.78, 5) is 23.1. The second kappa shape index (κ2) is 11.2. The Hall–Kier alpha value is -4.86. The maximum absolute atomic E-state index is 12.7. The summed E-state index contributed by atoms with van der Waals surface area (Å²) in [6.07, 6.45) is 6.95. The normalized spacial score (nSPS) is 14.5. The zero-order valence-electron chi connectivity index (χ0n) is 22.8. The van der Waals surface area contributed by atoms with Crippen molar-refractivity contribution in [3.05, 3.63) is 113 Å². The number of fused-ring (bicyclic) bond motifs is 2. The van der Waals surface area contributed by atoms with Gasteiger partial charge in [-0.15, -0.1) is 11.3 Å². The van der Waals surface area contributed by atoms with Crippen molar-refractivity contribution < 1.29 is 4.79 Å². The summed E-state index contributed by atoms with van der Waals surface area (Å²) in [5.41, 5.74) is 14.7. The Morgan fingerprint density at radius 1 is 1.00 bits per heavy atom. The molecule has 4 heterocycles. The van der Waals surface area contributed by atoms with Crippen LogP contribution in [0.15, 0.2) is 96.6 Å². The van der Waals surface area contributed by atoms with Crippen LogP contribution < -0.4 is 16.4 Å². The van der Waals surface area contributed by atoms with Gasteiger partial charge in [0.1, 0.15) is 5.69 Å². The van der Waals surface area contributed by atoms with Crippen molar-refractivity contribution in [2.24, 2.45) is 5.73 Å². The minimum atomic E-state index is -0.0551. The summed E-state index contributed by atoms with van der Waals surface area (Å²) < 4.78 is 1.86. The standard InChI is InChI=1S/C33H29N7OS/c34-24-11-9-21-10-12-26(19-23(21)17-24)37-33-35-14-13-28(38-33)31-29-8-1-2-15-40(29)39-32(31)22-5-3-6-25(18-22)36-30(41)20-27-7-4-16-42-27/h1-8,10,12-16,18-19,24H,9,11,17,20,34H2,(H,36,41)(H,35,37,38). The highest BCUT2D eigenvalue weighted by Gasteiger charge is 2.20. The van der Waals surface area contributed by atoms with Crippen LogP contribution in [0.25, 0.3) is 28.0 Å². The third kappa shape index (κ3) is 5.39. The maximum atomic E-state index is 12.7. The highest BCUT2D eigenvalue weighted by molar-refractivity contribution is 7.10. The van der Waals surface area contributed by atoms with Crippen LogP contribution in [-0.4, -0.2) is 31.5 Å². The summed E-state index contributed by atoms with van der Waals surface area (Å²) >= 11 is 1.58. The van der Waals surface area contributed by atoms with Gasteiger partial charge in [-0.25, -0.2) is 14.5 Å². The summed E-state index contributed by atoms with van der Waals surface area (Å²) in [6, 6.07) is 26.2. The predicted molar refractivity (Wildman–Crippen MR) is 168 cm³/mol. The van der Waals surface area contributed by atoms with E-state index in [1.165, 1.54) is 11.1 Å². The molecule has 1 aliphatic carbocycles. The Morgan fingerprint density at radius 3 is 2.86 bits per heavy atom. The van der Waals surface area contributed by atoms with Crippen LogP contribution in [-0.2, 0) is 24.1 Å². The van der Waals surface area contributed by atoms with Gasteiger partial charge in [-0.2, -0.15) is 5.10 Å². The predicted octanol–water partition coefficient (Wildman–Crippen LogP) is 6.26. The minimum absolute atomic E-state index is 0.0551. The molecular formula is C33H29N7OS. The lowest BCUT2D eigenvalue weighted by molar-refractivity contribution is -0.115. The lowest BCUT2D eigenvalue weighted by Crippen LogP contribution is -2.27. The quantitative estimate of drug-likeness (QED) is 0.209. The first-order valence-corrected chi connectivity index (χ1v) is 14.8. The molecule has 0 spiro atoms. The highest BCUT2D eigenvalue weighted by Crippen LogP contribution is 2.35. The average molecular weight is 572 g/mol. The van der Waals surface area contributed by atoms with Gasteiger partial charge in [0.05, 0.1) is 23.2 Å². The van der Waals surface area contributed by atoms with E-state index in [2.05, 4.69) is 33.8 Å². The van der Waals surface area contributed by atoms with E-state index in [-0.39, 0.29) is 11.9 Å². The largest absolute Gasteiger partial charge is 0.327 e. The van der Waals surface area contributed by atoms with E-state index in [1.807, 2.05) is 76.8 Å². The first-order chi connectivity index (χ1) is 20.6. The molecule has 6 aromatic rings. The number of pyridine rings is 1. The van der Waals surface area contributed by atoms with Gasteiger partial charge >= 0.3 is 0 Å². The summed E-state index contributed by atoms with van der Waals surface area (Å²) in [7, 11) is 0. The van der Waals surface area contributed by atoms with E-state index in [0.29, 0.717) is 18.1 Å². The smallest absolute Gasteiger partial charge is 0.229 e. The molecule has 0 bridgehead atoms. The number of anilines is 3. The van der Waals surface area contributed by atoms with Gasteiger partial charge in [0.2, 0.25) is 11.9 Å². The van der Waals surface area contributed by atoms with Crippen LogP contribution in [0.5, 0.6) is 0 Å². The Bertz CT molecular complexity index is 1900. The van der Waals surface area contributed by atoms with Gasteiger partial charge in [-0.1, -0.05) is 30.3 Å². The monoisotopic (exact) mass is 571 g/mol. The number of nitrogens with two attached hydrogens (primary N) is 1. The molecule has 0 fully saturated rings. The lowest BCUT2D eigenvalue weighted by Gasteiger charge is -2.22. The van der Waals surface area contributed by atoms with E-state index < -0.39 is 0 Å². The fraction of sp³-hybridized carbons (Fsp3) is 0.152. The van der Waals surface area contributed by atoms with Crippen LogP contribution >= 0.6 is 11.3 Å². The number of hydrogen-bond acceptors (Lipinski definition) is 7. The second-order valence-electron chi connectivity index (χ2n) is 10.5. The van der Waals surface area contributed by atoms with Crippen molar-refractivity contribution in [1.82, 2.24) is 19.6 Å². The molecule has 1 atom stereocenters. The molecule has 1 unspecified atom stereocenters. The third-order valence-electron chi connectivity index (χ3n) is 7.52. The summed E-state index contributed by atoms with van der Waals surface area (Å²) in [5, 5.41) is 13.3. The van der Waals surface area contributed by atoms with Gasteiger partial charge in [-0.3, -0.25) is 4.79 Å². The van der Waals surface area contributed by atoms with Crippen molar-refractivity contribution in [3.63, 3.8) is 0 Å². The lowest BCUT2D eigenvalue weighted by atomic mass is 9.88. The number of nitrogens with zero attached hydrogens (tertiary/aromatic N) is 4. The van der Waals surface area contributed by atoms with Crippen LogP contribution in [0.4, 0.5) is 17.3 Å². The fourth-order valence-electron chi connectivity index (χ4n) is 5.52. The third-order valence-corrected chi connectivity index (χ3v) is 8.39. The molecule has 2 aromatic carbocycles. The number of carbonyl (C=O) groups excluding carboxylic acids is 1. The number of nitrogens with one attached hydrogen (secondary N) is 2. The Labute approximate surface area is 247 Å². The number of amides is 1. The van der Waals surface area contributed by atoms with Crippen molar-refractivity contribution in [2.75, 3.05) is 10.6 Å². The molecule has 1 amide bonds. The molecule has 1 aliphatic rings. The molecule has 0 saturated heterocycles. The van der Waals surface area contributed by atoms with Crippen molar-refractivity contribution in [1.29, 1.82) is 0 Å². The van der Waals surface area contributed by atoms with E-state index in [1.54, 1.807) is 17.5 Å². The van der Waals surface area contributed by atoms with Gasteiger partial charge in [0.25, 0.3) is 0 Å². The summed E-state index contributed by atoms with van der Waals surface area (Å²) in [6.45, 7) is 0. The Balaban J connectivity index is 1.21. The molecule has 4 N–H and O–H groups in total. The fourth-order valence-corrected chi connectivity index (χ4v) is 6.23. The number of thiophene rings is 1. The van der Waals surface area contributed by atoms with Gasteiger partial charge in [0, 0.05) is 40.3 Å². The summed E-state index contributed by atoms with van der Waals surface area (Å²) in [5.74, 6) is 0.448. The molecule has 7 rings (SSSR count). The van der Waals surface area contributed by atoms with E-state index >= 15 is 0 Å². The van der Waals surface area contributed by atoms with Crippen LogP contribution in [0, 0.1) is 0 Å². The zero-order chi connectivity index (χ0) is 28.5. The van der Waals surface area contributed by atoms with Crippen molar-refractivity contribution in [3.8, 4) is 22.5 Å². The molecule has 0 saturated carbocycles. The highest BCUT2D eigenvalue weighted by atomic mass is 32.1. The van der Waals surface area contributed by atoms with Crippen molar-refractivity contribution in [2.45, 2.75) is 31.7 Å². The zero-order valence-corrected chi connectivity index (χ0v) is 23.6. The molecule has 8 nitrogen and oxygen atoms in total. The number of aryl methyl sites for hydroxylation is 1. The van der Waals surface area contributed by atoms with Crippen LogP contribution in [0.1, 0.15) is 22.4 Å². The number of hydrogen-bond donors (Lipinski definition) is 3. The average Bonchev–Trinajstić information content (AvgIpc) is 3.65. The van der Waals surface area contributed by atoms with Crippen LogP contribution in [0.2, 0.25) is 0 Å². The number of aromatic nitrogens is 4. The first-order valence-electron chi connectivity index (χ1n) is 14.0. The molecule has 0 aliphatic heterocycles. The first kappa shape index (κ1) is 26.1. The van der Waals surface area contributed by atoms with Gasteiger partial charge in [-0.05, 0) is 84.3 Å². The Kier molecular flexibility index (Phi) is 6.95. The molecule has 9 heteroatoms. The molecular weight excluding hydrogens is 542 g/mol. The molecule has 0 radical (unpaired) electrons. The van der Waals surface area contributed by atoms with Crippen LogP contribution in [0.3, 0.4) is 0 Å². The second-order valence-corrected chi connectivity index (χ2v) is 11.5. The SMILES string of the molecule is NC1CCc2ccc(Nc3nccc(-c4c(-c5cccc(NC(=O)Cc6cccs6)c5)nn5ccccc45)n3)cc2C1. The minimum Gasteiger partial charge on any atom is -0.327 e. The number of carbonyl (C=O) groups is 1. The molecule has 208 valence electrons. The maximum Gasteiger partial charge on any atom is 0.229 e. The topological polar surface area (TPSA) is 110 Å². The molecule has 42 heavy (non-hydrogen) atoms. The van der Waals surface area contributed by atoms with Crippen molar-refractivity contribution >= 4 is 40.1 Å². The van der Waals surface area contributed by atoms with E-state index in [4.69, 9.17) is 15.8 Å².